The van der Waals surface area contributed by atoms with Crippen LogP contribution < -0.4 is 20.1 Å². The highest BCUT2D eigenvalue weighted by atomic mass is 35.5. The molecule has 5 N–H and O–H groups in total. The van der Waals surface area contributed by atoms with Crippen LogP contribution in [0, 0.1) is 27.7 Å². The number of thiazole rings is 1. The van der Waals surface area contributed by atoms with Crippen molar-refractivity contribution in [2.45, 2.75) is 140 Å². The SMILES string of the molecule is CC(=O)CN=Cc1cc(C(C)(C)C)c(O)c(C(C)(C)C)c1.CC(=O)CN=Cc1ccc(C)cc1.CC(=O)CN=Cc1ccc(Cl)cc1C.CC(=O)N1CCCCC1.CC(=O)c1ccccc1.CN1CCOCC1.CNC(=O)Nc1cccc(C(F)(F)F)c1.COc1ccc(/C=C/c2ccnc(NS(C)(=O)=O)n2)cc1.Cc1nc2ccccc2s1.Cc1nn[nH]n1. The zero-order valence-electron chi connectivity index (χ0n) is 74.8. The number of nitrogens with zero attached hydrogens (tertiary/aromatic N) is 11. The van der Waals surface area contributed by atoms with Crippen LogP contribution in [-0.2, 0) is 50.9 Å². The molecular weight excluding hydrogens is 1660 g/mol. The number of likely N-dealkylation sites (N-methyl/N-ethyl adjacent to an activating group) is 1. The molecular formula is C93H119ClF3N15O11S2. The number of fused-ring (bicyclic) bond motifs is 1. The van der Waals surface area contributed by atoms with Crippen molar-refractivity contribution in [2.24, 2.45) is 15.0 Å². The number of urea groups is 1. The summed E-state index contributed by atoms with van der Waals surface area (Å²) in [6, 6.07) is 48.0. The Balaban J connectivity index is 0.000000366. The van der Waals surface area contributed by atoms with E-state index in [1.54, 1.807) is 70.0 Å². The molecule has 2 saturated heterocycles. The number of phenolic OH excluding ortho intramolecular Hbond substituents is 1. The van der Waals surface area contributed by atoms with Gasteiger partial charge in [-0.2, -0.15) is 18.4 Å². The lowest BCUT2D eigenvalue weighted by molar-refractivity contribution is -0.137. The molecule has 10 aromatic rings. The van der Waals surface area contributed by atoms with Gasteiger partial charge in [0.15, 0.2) is 29.0 Å². The van der Waals surface area contributed by atoms with Crippen molar-refractivity contribution < 1.29 is 64.9 Å². The highest BCUT2D eigenvalue weighted by Crippen LogP contribution is 2.40. The third-order valence-electron chi connectivity index (χ3n) is 17.0. The lowest BCUT2D eigenvalue weighted by atomic mass is 9.78. The maximum atomic E-state index is 12.3. The average Bonchev–Trinajstić information content (AvgIpc) is 1.46. The number of phenols is 1. The second-order valence-electron chi connectivity index (χ2n) is 30.5. The van der Waals surface area contributed by atoms with E-state index in [0.717, 1.165) is 119 Å². The van der Waals surface area contributed by atoms with Crippen molar-refractivity contribution in [3.05, 3.63) is 247 Å². The number of halogens is 4. The highest BCUT2D eigenvalue weighted by Gasteiger charge is 2.31. The number of hydrogen-bond acceptors (Lipinski definition) is 22. The predicted molar refractivity (Wildman–Crippen MR) is 498 cm³/mol. The van der Waals surface area contributed by atoms with Crippen molar-refractivity contribution in [1.82, 2.24) is 50.7 Å². The lowest BCUT2D eigenvalue weighted by Crippen LogP contribution is -2.33. The smallest absolute Gasteiger partial charge is 0.416 e. The summed E-state index contributed by atoms with van der Waals surface area (Å²) >= 11 is 7.54. The van der Waals surface area contributed by atoms with Crippen LogP contribution in [0.1, 0.15) is 172 Å². The monoisotopic (exact) mass is 1780 g/mol. The molecule has 2 aliphatic rings. The Hall–Kier alpha value is -11.9. The predicted octanol–water partition coefficient (Wildman–Crippen LogP) is 18.1. The first kappa shape index (κ1) is 107. The van der Waals surface area contributed by atoms with E-state index in [1.807, 2.05) is 159 Å². The van der Waals surface area contributed by atoms with Crippen molar-refractivity contribution in [3.8, 4) is 11.5 Å². The number of rotatable bonds is 16. The minimum absolute atomic E-state index is 0.0390. The van der Waals surface area contributed by atoms with Crippen molar-refractivity contribution >= 4 is 121 Å². The number of Topliss-reactive ketones (excluding diaryl/α,β-unsaturated/α-hetero) is 4. The molecule has 0 saturated carbocycles. The maximum absolute atomic E-state index is 12.3. The number of aromatic amines is 1. The minimum atomic E-state index is -4.40. The van der Waals surface area contributed by atoms with Crippen LogP contribution in [0.5, 0.6) is 11.5 Å². The fraction of sp³-hybridized carbons (Fsp3) is 0.366. The number of morpholine rings is 1. The topological polar surface area (TPSA) is 348 Å². The highest BCUT2D eigenvalue weighted by molar-refractivity contribution is 7.92. The number of sulfonamides is 1. The third kappa shape index (κ3) is 47.5. The van der Waals surface area contributed by atoms with Gasteiger partial charge < -0.3 is 35.0 Å². The van der Waals surface area contributed by atoms with Gasteiger partial charge in [-0.3, -0.25) is 43.7 Å². The van der Waals surface area contributed by atoms with Crippen molar-refractivity contribution in [3.63, 3.8) is 0 Å². The summed E-state index contributed by atoms with van der Waals surface area (Å²) in [4.78, 5) is 93.0. The number of methoxy groups -OCH3 is 1. The van der Waals surface area contributed by atoms with Gasteiger partial charge in [-0.05, 0) is 199 Å². The number of nitrogens with one attached hydrogen (secondary N) is 4. The van der Waals surface area contributed by atoms with E-state index in [9.17, 15) is 55.5 Å². The number of likely N-dealkylation sites (tertiary alicyclic amines) is 1. The van der Waals surface area contributed by atoms with Crippen LogP contribution in [0.25, 0.3) is 22.4 Å². The summed E-state index contributed by atoms with van der Waals surface area (Å²) in [6.07, 6.45) is 10.6. The van der Waals surface area contributed by atoms with Gasteiger partial charge in [0.05, 0.1) is 72.7 Å². The van der Waals surface area contributed by atoms with Crippen LogP contribution >= 0.6 is 22.9 Å². The van der Waals surface area contributed by atoms with Gasteiger partial charge in [-0.25, -0.2) is 28.2 Å². The molecule has 2 fully saturated rings. The number of aryl methyl sites for hydroxylation is 4. The first-order chi connectivity index (χ1) is 58.8. The molecule has 5 heterocycles. The molecule has 125 heavy (non-hydrogen) atoms. The summed E-state index contributed by atoms with van der Waals surface area (Å²) < 4.78 is 72.7. The molecule has 0 bridgehead atoms. The number of ketones is 4. The van der Waals surface area contributed by atoms with Crippen LogP contribution in [0.15, 0.2) is 185 Å². The van der Waals surface area contributed by atoms with Crippen LogP contribution in [-0.4, -0.2) is 199 Å². The molecule has 672 valence electrons. The molecule has 12 rings (SSSR count). The number of tetrazole rings is 1. The van der Waals surface area contributed by atoms with Gasteiger partial charge in [0, 0.05) is 92.4 Å². The molecule has 32 heteroatoms. The molecule has 0 aliphatic carbocycles. The number of aliphatic imine (C=N–C) groups is 3. The Morgan fingerprint density at radius 2 is 1.22 bits per heavy atom. The number of aromatic hydroxyl groups is 1. The number of aromatic nitrogens is 7. The summed E-state index contributed by atoms with van der Waals surface area (Å²) in [5.74, 6) is 2.41. The van der Waals surface area contributed by atoms with E-state index in [4.69, 9.17) is 21.1 Å². The second-order valence-corrected chi connectivity index (χ2v) is 33.9. The number of H-pyrrole nitrogens is 1. The Labute approximate surface area is 742 Å². The van der Waals surface area contributed by atoms with Crippen LogP contribution in [0.3, 0.4) is 0 Å². The van der Waals surface area contributed by atoms with E-state index in [2.05, 4.69) is 125 Å². The zero-order chi connectivity index (χ0) is 93.3. The fourth-order valence-electron chi connectivity index (χ4n) is 10.4. The Bertz CT molecular complexity index is 5140. The van der Waals surface area contributed by atoms with E-state index in [-0.39, 0.29) is 71.1 Å². The van der Waals surface area contributed by atoms with Gasteiger partial charge >= 0.3 is 12.2 Å². The third-order valence-corrected chi connectivity index (χ3v) is 18.7. The van der Waals surface area contributed by atoms with Gasteiger partial charge in [0.2, 0.25) is 21.9 Å². The number of amides is 3. The van der Waals surface area contributed by atoms with Gasteiger partial charge in [0.1, 0.15) is 11.5 Å². The summed E-state index contributed by atoms with van der Waals surface area (Å²) in [6.45, 7) is 34.7. The number of carbonyl (C=O) groups is 6. The van der Waals surface area contributed by atoms with E-state index in [0.29, 0.717) is 22.3 Å². The average molecular weight is 1780 g/mol. The summed E-state index contributed by atoms with van der Waals surface area (Å²) in [5, 5.41) is 29.7. The van der Waals surface area contributed by atoms with E-state index >= 15 is 0 Å². The lowest BCUT2D eigenvalue weighted by Gasteiger charge is -2.27. The number of alkyl halides is 3. The first-order valence-electron chi connectivity index (χ1n) is 39.9. The van der Waals surface area contributed by atoms with Gasteiger partial charge in [0.25, 0.3) is 0 Å². The number of carbonyl (C=O) groups excluding carboxylic acids is 6. The van der Waals surface area contributed by atoms with Gasteiger partial charge in [-0.1, -0.05) is 161 Å². The number of para-hydroxylation sites is 1. The molecule has 7 aromatic carbocycles. The standard InChI is InChI=1S/C18H27NO2.C14H15N3O3S.C11H12ClNO.C11H13NO.C9H9F3N2O.C8H7NS.C8H8O.C7H13NO.C5H11NO.C2H4N4/c1-12(20)10-19-11-13-8-14(17(2,3)4)16(21)15(9-13)18(5,6)7;1-20-13-7-4-11(5-8-13)3-6-12-9-10-15-14(16-12)17-21(2,18)19;1-8-5-11(12)4-3-10(8)7-13-6-9(2)14;1-9-3-5-11(6-4-9)8-12-7-10(2)13;1-13-8(15)14-7-4-2-3-6(5-7)9(10,11)12;1-6-9-7-4-2-3-5-8(7)10-6;2*1-7(9)8-5-3-2-4-6-8;1-6-2-4-7-5-3-6;1-2-3-5-6-4-2/h8-9,11,21H,10H2,1-7H3;3-10H,1-2H3,(H,15,16,17);3-5,7H,6H2,1-2H3;3-6,8H,7H2,1-2H3;2-5H,1H3,(H2,13,14,15);2-5H,1H3;2-6H,1H3;2-6H2,1H3;2-5H2,1H3;1H3,(H,3,4,5,6)/b;6-3+;;;;;;;;. The molecule has 3 aromatic heterocycles. The van der Waals surface area contributed by atoms with Crippen LogP contribution in [0.4, 0.5) is 29.6 Å². The van der Waals surface area contributed by atoms with Gasteiger partial charge in [-0.15, -0.1) is 21.5 Å². The zero-order valence-corrected chi connectivity index (χ0v) is 77.2. The van der Waals surface area contributed by atoms with Crippen molar-refractivity contribution in [1.29, 1.82) is 0 Å². The molecule has 3 amide bonds. The molecule has 0 atom stereocenters. The first-order valence-corrected chi connectivity index (χ1v) is 43.0. The Morgan fingerprint density at radius 3 is 1.67 bits per heavy atom. The summed E-state index contributed by atoms with van der Waals surface area (Å²) in [5.41, 5.74) is 9.50. The fourth-order valence-corrected chi connectivity index (χ4v) is 11.9. The van der Waals surface area contributed by atoms with E-state index < -0.39 is 27.8 Å². The Morgan fingerprint density at radius 1 is 0.656 bits per heavy atom. The normalized spacial score (nSPS) is 12.5. The molecule has 2 aliphatic heterocycles. The number of ether oxygens (including phenoxy) is 2. The van der Waals surface area contributed by atoms with Crippen molar-refractivity contribution in [2.75, 3.05) is 96.5 Å². The number of anilines is 2. The number of benzene rings is 7. The summed E-state index contributed by atoms with van der Waals surface area (Å²) in [7, 11) is 1.72. The quantitative estimate of drug-likeness (QED) is 0.0443. The number of hydrogen-bond donors (Lipinski definition) is 5. The van der Waals surface area contributed by atoms with E-state index in [1.165, 1.54) is 75.7 Å². The largest absolute Gasteiger partial charge is 0.507 e. The second kappa shape index (κ2) is 56.1. The number of piperidine rings is 1. The molecule has 0 spiro atoms. The molecule has 26 nitrogen and oxygen atoms in total. The van der Waals surface area contributed by atoms with Crippen LogP contribution in [0.2, 0.25) is 5.02 Å². The minimum Gasteiger partial charge on any atom is -0.507 e. The maximum Gasteiger partial charge on any atom is 0.416 e. The molecule has 0 unspecified atom stereocenters. The Kier molecular flexibility index (Phi) is 48.1. The molecule has 0 radical (unpaired) electrons.